The van der Waals surface area contributed by atoms with E-state index >= 15 is 0 Å². The molecule has 1 amide bonds. The highest BCUT2D eigenvalue weighted by atomic mass is 16.1. The summed E-state index contributed by atoms with van der Waals surface area (Å²) in [7, 11) is 0. The predicted molar refractivity (Wildman–Crippen MR) is 144 cm³/mol. The summed E-state index contributed by atoms with van der Waals surface area (Å²) in [5, 5.41) is 12.3. The van der Waals surface area contributed by atoms with E-state index in [9.17, 15) is 4.79 Å². The van der Waals surface area contributed by atoms with Gasteiger partial charge in [0.2, 0.25) is 5.91 Å². The fourth-order valence-electron chi connectivity index (χ4n) is 3.77. The molecule has 0 spiro atoms. The topological polar surface area (TPSA) is 133 Å². The molecule has 0 bridgehead atoms. The van der Waals surface area contributed by atoms with Crippen LogP contribution in [0.4, 0.5) is 11.4 Å². The summed E-state index contributed by atoms with van der Waals surface area (Å²) in [4.78, 5) is 20.2. The number of aromatic amines is 1. The Morgan fingerprint density at radius 1 is 1.35 bits per heavy atom. The maximum Gasteiger partial charge on any atom is 0.250 e. The molecule has 7 N–H and O–H groups in total. The van der Waals surface area contributed by atoms with Crippen molar-refractivity contribution in [2.75, 3.05) is 5.73 Å². The van der Waals surface area contributed by atoms with Crippen molar-refractivity contribution in [2.24, 2.45) is 10.7 Å². The van der Waals surface area contributed by atoms with Crippen molar-refractivity contribution in [3.05, 3.63) is 65.0 Å². The number of aromatic nitrogens is 1. The Kier molecular flexibility index (Phi) is 7.56. The molecule has 7 nitrogen and oxygen atoms in total. The number of primary amides is 1. The first-order chi connectivity index (χ1) is 16.2. The van der Waals surface area contributed by atoms with Gasteiger partial charge in [0.15, 0.2) is 0 Å². The number of fused-ring (bicyclic) bond motifs is 1. The number of nitrogens with zero attached hydrogens (tertiary/aromatic N) is 1. The van der Waals surface area contributed by atoms with Crippen molar-refractivity contribution >= 4 is 45.7 Å². The first kappa shape index (κ1) is 24.8. The third kappa shape index (κ3) is 5.03. The molecule has 1 heterocycles. The molecule has 1 aliphatic carbocycles. The summed E-state index contributed by atoms with van der Waals surface area (Å²) in [6.07, 6.45) is 10.4. The molecule has 3 rings (SSSR count). The molecule has 34 heavy (non-hydrogen) atoms. The van der Waals surface area contributed by atoms with E-state index in [1.165, 1.54) is 11.8 Å². The third-order valence-electron chi connectivity index (χ3n) is 6.03. The Balaban J connectivity index is 2.30. The second kappa shape index (κ2) is 10.4. The molecule has 1 aromatic heterocycles. The number of nitrogens with two attached hydrogens (primary N) is 2. The van der Waals surface area contributed by atoms with Gasteiger partial charge in [-0.2, -0.15) is 0 Å². The lowest BCUT2D eigenvalue weighted by Crippen LogP contribution is -2.21. The van der Waals surface area contributed by atoms with Gasteiger partial charge in [-0.3, -0.25) is 9.79 Å². The third-order valence-corrected chi connectivity index (χ3v) is 6.03. The van der Waals surface area contributed by atoms with Crippen LogP contribution in [0.5, 0.6) is 0 Å². The maximum absolute atomic E-state index is 12.0. The molecule has 1 aromatic carbocycles. The lowest BCUT2D eigenvalue weighted by atomic mass is 10.0. The van der Waals surface area contributed by atoms with E-state index in [0.717, 1.165) is 36.2 Å². The summed E-state index contributed by atoms with van der Waals surface area (Å²) in [5.74, 6) is -0.646. The van der Waals surface area contributed by atoms with Crippen molar-refractivity contribution in [3.63, 3.8) is 0 Å². The van der Waals surface area contributed by atoms with Crippen LogP contribution < -0.4 is 16.8 Å². The molecule has 0 radical (unpaired) electrons. The van der Waals surface area contributed by atoms with Crippen LogP contribution in [-0.2, 0) is 4.79 Å². The minimum absolute atomic E-state index is 0.118. The SMILES string of the molecule is C=C(C(N)=O)c1[nH]c2ccc(N)c(C=N)c2c1N=C(C)C(=C/C=C\C)/C(NC1CC1)=C(\C)CC. The minimum atomic E-state index is -0.646. The average Bonchev–Trinajstić information content (AvgIpc) is 3.57. The zero-order valence-electron chi connectivity index (χ0n) is 20.4. The van der Waals surface area contributed by atoms with Gasteiger partial charge in [0.05, 0.1) is 17.0 Å². The van der Waals surface area contributed by atoms with E-state index in [4.69, 9.17) is 21.9 Å². The number of rotatable bonds is 10. The molecule has 0 atom stereocenters. The van der Waals surface area contributed by atoms with Crippen LogP contribution in [0.25, 0.3) is 16.5 Å². The highest BCUT2D eigenvalue weighted by molar-refractivity contribution is 6.23. The Morgan fingerprint density at radius 3 is 2.62 bits per heavy atom. The second-order valence-electron chi connectivity index (χ2n) is 8.56. The smallest absolute Gasteiger partial charge is 0.250 e. The van der Waals surface area contributed by atoms with Crippen molar-refractivity contribution in [2.45, 2.75) is 53.0 Å². The number of H-pyrrole nitrogens is 1. The molecular weight excluding hydrogens is 424 g/mol. The van der Waals surface area contributed by atoms with Crippen LogP contribution in [0.1, 0.15) is 58.2 Å². The van der Waals surface area contributed by atoms with Gasteiger partial charge in [-0.05, 0) is 57.7 Å². The molecule has 0 aliphatic heterocycles. The maximum atomic E-state index is 12.0. The van der Waals surface area contributed by atoms with Gasteiger partial charge >= 0.3 is 0 Å². The molecule has 0 saturated heterocycles. The number of carbonyl (C=O) groups excluding carboxylic acids is 1. The van der Waals surface area contributed by atoms with Gasteiger partial charge in [-0.15, -0.1) is 0 Å². The van der Waals surface area contributed by atoms with Crippen LogP contribution in [0.15, 0.2) is 58.8 Å². The molecule has 1 aliphatic rings. The quantitative estimate of drug-likeness (QED) is 0.144. The number of nitrogens with one attached hydrogen (secondary N) is 3. The normalized spacial score (nSPS) is 15.5. The zero-order valence-corrected chi connectivity index (χ0v) is 20.4. The van der Waals surface area contributed by atoms with E-state index in [1.54, 1.807) is 6.07 Å². The van der Waals surface area contributed by atoms with Crippen molar-refractivity contribution in [1.82, 2.24) is 10.3 Å². The number of hydrogen-bond acceptors (Lipinski definition) is 5. The molecule has 7 heteroatoms. The summed E-state index contributed by atoms with van der Waals surface area (Å²) in [5.41, 5.74) is 18.5. The fraction of sp³-hybridized carbons (Fsp3) is 0.296. The van der Waals surface area contributed by atoms with Crippen molar-refractivity contribution in [3.8, 4) is 0 Å². The molecule has 1 fully saturated rings. The Morgan fingerprint density at radius 2 is 2.06 bits per heavy atom. The molecular formula is C27H34N6O. The summed E-state index contributed by atoms with van der Waals surface area (Å²) < 4.78 is 0. The summed E-state index contributed by atoms with van der Waals surface area (Å²) in [6, 6.07) is 4.00. The van der Waals surface area contributed by atoms with Gasteiger partial charge in [-0.25, -0.2) is 0 Å². The number of carbonyl (C=O) groups is 1. The number of hydrogen-bond donors (Lipinski definition) is 5. The Hall–Kier alpha value is -3.87. The highest BCUT2D eigenvalue weighted by Gasteiger charge is 2.25. The number of allylic oxidation sites excluding steroid dienone is 5. The largest absolute Gasteiger partial charge is 0.398 e. The van der Waals surface area contributed by atoms with E-state index in [1.807, 2.05) is 38.1 Å². The van der Waals surface area contributed by atoms with Gasteiger partial charge in [0.25, 0.3) is 0 Å². The first-order valence-electron chi connectivity index (χ1n) is 11.5. The van der Waals surface area contributed by atoms with Crippen LogP contribution in [0, 0.1) is 5.41 Å². The standard InChI is InChI=1S/C27H34N6O/c1-6-8-9-19(24(15(3)7-2)32-18-10-11-18)17(5)31-26-23-20(14-28)21(29)12-13-22(23)33-25(26)16(4)27(30)34/h6,8-9,12-14,18,28,32-33H,4,7,10-11,29H2,1-3,5H3,(H2,30,34)/b8-6-,19-9-,24-15-,28-14?,31-17?. The Labute approximate surface area is 200 Å². The Bertz CT molecular complexity index is 1270. The van der Waals surface area contributed by atoms with E-state index in [2.05, 4.69) is 30.7 Å². The van der Waals surface area contributed by atoms with Gasteiger partial charge in [-0.1, -0.05) is 31.7 Å². The predicted octanol–water partition coefficient (Wildman–Crippen LogP) is 5.28. The minimum Gasteiger partial charge on any atom is -0.398 e. The van der Waals surface area contributed by atoms with Crippen LogP contribution in [0.3, 0.4) is 0 Å². The molecule has 2 aromatic rings. The van der Waals surface area contributed by atoms with E-state index in [-0.39, 0.29) is 5.57 Å². The van der Waals surface area contributed by atoms with Gasteiger partial charge in [0, 0.05) is 51.4 Å². The van der Waals surface area contributed by atoms with Gasteiger partial charge < -0.3 is 27.2 Å². The van der Waals surface area contributed by atoms with Crippen molar-refractivity contribution < 1.29 is 4.79 Å². The monoisotopic (exact) mass is 458 g/mol. The van der Waals surface area contributed by atoms with E-state index in [0.29, 0.717) is 39.6 Å². The fourth-order valence-corrected chi connectivity index (χ4v) is 3.77. The lowest BCUT2D eigenvalue weighted by Gasteiger charge is -2.18. The molecule has 178 valence electrons. The highest BCUT2D eigenvalue weighted by Crippen LogP contribution is 2.38. The number of benzene rings is 1. The van der Waals surface area contributed by atoms with Crippen LogP contribution in [0.2, 0.25) is 0 Å². The first-order valence-corrected chi connectivity index (χ1v) is 11.5. The number of amides is 1. The number of aliphatic imine (C=N–C) groups is 1. The van der Waals surface area contributed by atoms with E-state index < -0.39 is 5.91 Å². The number of anilines is 1. The van der Waals surface area contributed by atoms with Gasteiger partial charge in [0.1, 0.15) is 0 Å². The summed E-state index contributed by atoms with van der Waals surface area (Å²) >= 11 is 0. The molecule has 1 saturated carbocycles. The zero-order chi connectivity index (χ0) is 25.0. The lowest BCUT2D eigenvalue weighted by molar-refractivity contribution is -0.112. The van der Waals surface area contributed by atoms with Crippen molar-refractivity contribution in [1.29, 1.82) is 5.41 Å². The summed E-state index contributed by atoms with van der Waals surface area (Å²) in [6.45, 7) is 12.1. The number of nitrogen functional groups attached to an aromatic ring is 1. The second-order valence-corrected chi connectivity index (χ2v) is 8.56. The molecule has 0 unspecified atom stereocenters. The van der Waals surface area contributed by atoms with Crippen LogP contribution >= 0.6 is 0 Å². The average molecular weight is 459 g/mol. The van der Waals surface area contributed by atoms with Crippen LogP contribution in [-0.4, -0.2) is 28.9 Å².